The highest BCUT2D eigenvalue weighted by atomic mass is 35.5. The van der Waals surface area contributed by atoms with Gasteiger partial charge in [0, 0.05) is 27.8 Å². The summed E-state index contributed by atoms with van der Waals surface area (Å²) < 4.78 is 11.4. The number of hydrogen-bond donors (Lipinski definition) is 1. The number of nitrogens with one attached hydrogen (secondary N) is 1. The average molecular weight is 415 g/mol. The molecule has 0 spiro atoms. The molecule has 0 fully saturated rings. The maximum atomic E-state index is 12.2. The predicted molar refractivity (Wildman–Crippen MR) is 109 cm³/mol. The predicted octanol–water partition coefficient (Wildman–Crippen LogP) is 3.57. The number of carbonyl (C=O) groups excluding carboxylic acids is 3. The zero-order valence-electron chi connectivity index (χ0n) is 15.9. The van der Waals surface area contributed by atoms with Crippen LogP contribution in [0, 0.1) is 6.92 Å². The van der Waals surface area contributed by atoms with E-state index in [9.17, 15) is 14.4 Å². The van der Waals surface area contributed by atoms with Crippen molar-refractivity contribution >= 4 is 46.0 Å². The summed E-state index contributed by atoms with van der Waals surface area (Å²) in [5, 5.41) is 3.91. The van der Waals surface area contributed by atoms with E-state index >= 15 is 0 Å². The highest BCUT2D eigenvalue weighted by Crippen LogP contribution is 2.22. The first-order valence-corrected chi connectivity index (χ1v) is 9.14. The SMILES string of the molecule is COC(=O)c1cn(CC(=O)OCC(=O)Nc2ccc(Cl)cc2C)c2ccccc12. The van der Waals surface area contributed by atoms with E-state index in [0.717, 1.165) is 5.56 Å². The molecule has 1 aromatic heterocycles. The molecule has 8 heteroatoms. The number of methoxy groups -OCH3 is 1. The second-order valence-electron chi connectivity index (χ2n) is 6.35. The van der Waals surface area contributed by atoms with Gasteiger partial charge in [0.1, 0.15) is 6.54 Å². The van der Waals surface area contributed by atoms with Crippen LogP contribution in [0.25, 0.3) is 10.9 Å². The van der Waals surface area contributed by atoms with Crippen molar-refractivity contribution in [2.75, 3.05) is 19.0 Å². The molecule has 3 aromatic rings. The van der Waals surface area contributed by atoms with Gasteiger partial charge >= 0.3 is 11.9 Å². The van der Waals surface area contributed by atoms with E-state index in [1.54, 1.807) is 47.0 Å². The molecular formula is C21H19ClN2O5. The highest BCUT2D eigenvalue weighted by Gasteiger charge is 2.17. The number of rotatable bonds is 6. The highest BCUT2D eigenvalue weighted by molar-refractivity contribution is 6.30. The third kappa shape index (κ3) is 4.75. The average Bonchev–Trinajstić information content (AvgIpc) is 3.06. The third-order valence-electron chi connectivity index (χ3n) is 4.32. The Balaban J connectivity index is 1.64. The number of carbonyl (C=O) groups is 3. The number of benzene rings is 2. The number of fused-ring (bicyclic) bond motifs is 1. The van der Waals surface area contributed by atoms with Crippen LogP contribution in [0.15, 0.2) is 48.7 Å². The van der Waals surface area contributed by atoms with E-state index in [4.69, 9.17) is 21.1 Å². The number of anilines is 1. The third-order valence-corrected chi connectivity index (χ3v) is 4.56. The van der Waals surface area contributed by atoms with Crippen molar-refractivity contribution in [2.45, 2.75) is 13.5 Å². The van der Waals surface area contributed by atoms with Gasteiger partial charge in [0.25, 0.3) is 5.91 Å². The molecule has 1 heterocycles. The Morgan fingerprint density at radius 1 is 1.14 bits per heavy atom. The molecule has 3 rings (SSSR count). The Kier molecular flexibility index (Phi) is 6.19. The molecule has 29 heavy (non-hydrogen) atoms. The molecule has 0 saturated carbocycles. The van der Waals surface area contributed by atoms with Gasteiger partial charge < -0.3 is 19.4 Å². The molecule has 7 nitrogen and oxygen atoms in total. The molecule has 0 unspecified atom stereocenters. The Morgan fingerprint density at radius 3 is 2.62 bits per heavy atom. The lowest BCUT2D eigenvalue weighted by atomic mass is 10.2. The summed E-state index contributed by atoms with van der Waals surface area (Å²) in [4.78, 5) is 36.2. The summed E-state index contributed by atoms with van der Waals surface area (Å²) in [6.07, 6.45) is 1.54. The van der Waals surface area contributed by atoms with Crippen molar-refractivity contribution < 1.29 is 23.9 Å². The van der Waals surface area contributed by atoms with Gasteiger partial charge in [-0.25, -0.2) is 4.79 Å². The van der Waals surface area contributed by atoms with Gasteiger partial charge in [-0.3, -0.25) is 9.59 Å². The van der Waals surface area contributed by atoms with Crippen molar-refractivity contribution in [3.05, 3.63) is 64.8 Å². The fourth-order valence-corrected chi connectivity index (χ4v) is 3.16. The van der Waals surface area contributed by atoms with Crippen LogP contribution < -0.4 is 5.32 Å². The quantitative estimate of drug-likeness (QED) is 0.623. The van der Waals surface area contributed by atoms with Gasteiger partial charge in [0.15, 0.2) is 6.61 Å². The molecule has 0 bridgehead atoms. The maximum absolute atomic E-state index is 12.2. The first kappa shape index (κ1) is 20.4. The number of aromatic nitrogens is 1. The molecule has 1 N–H and O–H groups in total. The van der Waals surface area contributed by atoms with Gasteiger partial charge in [0.2, 0.25) is 0 Å². The summed E-state index contributed by atoms with van der Waals surface area (Å²) >= 11 is 5.89. The normalized spacial score (nSPS) is 10.6. The van der Waals surface area contributed by atoms with E-state index in [2.05, 4.69) is 5.32 Å². The summed E-state index contributed by atoms with van der Waals surface area (Å²) in [6, 6.07) is 12.2. The number of ether oxygens (including phenoxy) is 2. The van der Waals surface area contributed by atoms with Gasteiger partial charge in [-0.1, -0.05) is 29.8 Å². The number of amides is 1. The minimum atomic E-state index is -0.606. The molecule has 0 aliphatic rings. The summed E-state index contributed by atoms with van der Waals surface area (Å²) in [5.74, 6) is -1.56. The lowest BCUT2D eigenvalue weighted by molar-refractivity contribution is -0.147. The summed E-state index contributed by atoms with van der Waals surface area (Å²) in [6.45, 7) is 1.23. The number of hydrogen-bond acceptors (Lipinski definition) is 5. The molecule has 0 atom stereocenters. The van der Waals surface area contributed by atoms with Gasteiger partial charge in [-0.05, 0) is 36.8 Å². The second-order valence-corrected chi connectivity index (χ2v) is 6.78. The zero-order chi connectivity index (χ0) is 21.0. The number of aryl methyl sites for hydroxylation is 1. The number of halogens is 1. The van der Waals surface area contributed by atoms with Crippen LogP contribution in [-0.2, 0) is 25.6 Å². The van der Waals surface area contributed by atoms with Gasteiger partial charge in [-0.15, -0.1) is 0 Å². The van der Waals surface area contributed by atoms with Crippen molar-refractivity contribution in [2.24, 2.45) is 0 Å². The van der Waals surface area contributed by atoms with Crippen LogP contribution in [0.2, 0.25) is 5.02 Å². The minimum Gasteiger partial charge on any atom is -0.465 e. The number of esters is 2. The molecule has 0 saturated heterocycles. The summed E-state index contributed by atoms with van der Waals surface area (Å²) in [7, 11) is 1.30. The van der Waals surface area contributed by atoms with Crippen LogP contribution in [0.3, 0.4) is 0 Å². The van der Waals surface area contributed by atoms with E-state index in [1.807, 2.05) is 6.92 Å². The second kappa shape index (κ2) is 8.79. The van der Waals surface area contributed by atoms with Crippen molar-refractivity contribution in [1.82, 2.24) is 4.57 Å². The Labute approximate surface area is 172 Å². The molecule has 0 aliphatic heterocycles. The Morgan fingerprint density at radius 2 is 1.90 bits per heavy atom. The molecule has 1 amide bonds. The largest absolute Gasteiger partial charge is 0.465 e. The van der Waals surface area contributed by atoms with Crippen LogP contribution in [0.5, 0.6) is 0 Å². The Bertz CT molecular complexity index is 1090. The lowest BCUT2D eigenvalue weighted by Crippen LogP contribution is -2.23. The van der Waals surface area contributed by atoms with Crippen LogP contribution in [-0.4, -0.2) is 36.1 Å². The topological polar surface area (TPSA) is 86.6 Å². The summed E-state index contributed by atoms with van der Waals surface area (Å²) in [5.41, 5.74) is 2.43. The zero-order valence-corrected chi connectivity index (χ0v) is 16.7. The standard InChI is InChI=1S/C21H19ClN2O5/c1-13-9-14(22)7-8-17(13)23-19(25)12-29-20(26)11-24-10-16(21(27)28-2)15-5-3-4-6-18(15)24/h3-10H,11-12H2,1-2H3,(H,23,25). The molecule has 2 aromatic carbocycles. The van der Waals surface area contributed by atoms with E-state index in [-0.39, 0.29) is 6.54 Å². The maximum Gasteiger partial charge on any atom is 0.340 e. The van der Waals surface area contributed by atoms with E-state index in [1.165, 1.54) is 13.3 Å². The van der Waals surface area contributed by atoms with E-state index < -0.39 is 24.5 Å². The first-order valence-electron chi connectivity index (χ1n) is 8.77. The minimum absolute atomic E-state index is 0.148. The van der Waals surface area contributed by atoms with Crippen molar-refractivity contribution in [3.8, 4) is 0 Å². The molecule has 0 radical (unpaired) electrons. The van der Waals surface area contributed by atoms with Crippen LogP contribution in [0.4, 0.5) is 5.69 Å². The van der Waals surface area contributed by atoms with Crippen molar-refractivity contribution in [3.63, 3.8) is 0 Å². The fraction of sp³-hybridized carbons (Fsp3) is 0.190. The molecule has 150 valence electrons. The van der Waals surface area contributed by atoms with Gasteiger partial charge in [-0.2, -0.15) is 0 Å². The number of nitrogens with zero attached hydrogens (tertiary/aromatic N) is 1. The monoisotopic (exact) mass is 414 g/mol. The smallest absolute Gasteiger partial charge is 0.340 e. The Hall–Kier alpha value is -3.32. The molecular weight excluding hydrogens is 396 g/mol. The van der Waals surface area contributed by atoms with E-state index in [0.29, 0.717) is 27.2 Å². The first-order chi connectivity index (χ1) is 13.9. The van der Waals surface area contributed by atoms with Crippen LogP contribution >= 0.6 is 11.6 Å². The fourth-order valence-electron chi connectivity index (χ4n) is 2.93. The van der Waals surface area contributed by atoms with Gasteiger partial charge in [0.05, 0.1) is 12.7 Å². The number of para-hydroxylation sites is 1. The lowest BCUT2D eigenvalue weighted by Gasteiger charge is -2.10. The van der Waals surface area contributed by atoms with Crippen molar-refractivity contribution in [1.29, 1.82) is 0 Å². The van der Waals surface area contributed by atoms with Crippen LogP contribution in [0.1, 0.15) is 15.9 Å². The molecule has 0 aliphatic carbocycles.